The smallest absolute Gasteiger partial charge is 0.239 e. The topological polar surface area (TPSA) is 38.8 Å². The third-order valence-corrected chi connectivity index (χ3v) is 4.61. The molecular weight excluding hydrogens is 252 g/mol. The molecule has 20 heavy (non-hydrogen) atoms. The molecular formula is C15H30N4O. The summed E-state index contributed by atoms with van der Waals surface area (Å²) in [6, 6.07) is 0.0495. The van der Waals surface area contributed by atoms with Crippen molar-refractivity contribution in [1.82, 2.24) is 20.0 Å². The third-order valence-electron chi connectivity index (χ3n) is 4.61. The minimum atomic E-state index is 0.0495. The summed E-state index contributed by atoms with van der Waals surface area (Å²) in [5.74, 6) is 1.11. The molecule has 0 saturated carbocycles. The molecule has 0 spiro atoms. The number of carbonyl (C=O) groups is 1. The van der Waals surface area contributed by atoms with Gasteiger partial charge in [-0.25, -0.2) is 0 Å². The number of hydrogen-bond donors (Lipinski definition) is 1. The van der Waals surface area contributed by atoms with E-state index in [1.807, 2.05) is 4.90 Å². The molecule has 0 aliphatic carbocycles. The molecule has 0 bridgehead atoms. The molecule has 2 aliphatic heterocycles. The van der Waals surface area contributed by atoms with E-state index in [1.165, 1.54) is 19.4 Å². The molecule has 1 unspecified atom stereocenters. The highest BCUT2D eigenvalue weighted by molar-refractivity contribution is 5.81. The van der Waals surface area contributed by atoms with Gasteiger partial charge in [0.1, 0.15) is 0 Å². The van der Waals surface area contributed by atoms with Crippen molar-refractivity contribution in [3.63, 3.8) is 0 Å². The Labute approximate surface area is 123 Å². The first-order valence-corrected chi connectivity index (χ1v) is 7.96. The van der Waals surface area contributed by atoms with Gasteiger partial charge in [-0.3, -0.25) is 9.69 Å². The number of nitrogens with one attached hydrogen (secondary N) is 1. The lowest BCUT2D eigenvalue weighted by Gasteiger charge is -2.38. The first-order chi connectivity index (χ1) is 9.58. The number of likely N-dealkylation sites (tertiary alicyclic amines) is 1. The van der Waals surface area contributed by atoms with Gasteiger partial charge in [0.15, 0.2) is 0 Å². The fraction of sp³-hybridized carbons (Fsp3) is 0.933. The van der Waals surface area contributed by atoms with E-state index in [1.54, 1.807) is 0 Å². The second-order valence-corrected chi connectivity index (χ2v) is 6.49. The van der Waals surface area contributed by atoms with Crippen LogP contribution in [0.15, 0.2) is 0 Å². The van der Waals surface area contributed by atoms with Crippen molar-refractivity contribution in [2.24, 2.45) is 5.92 Å². The summed E-state index contributed by atoms with van der Waals surface area (Å²) in [6.45, 7) is 8.98. The number of amides is 1. The van der Waals surface area contributed by atoms with Crippen molar-refractivity contribution < 1.29 is 4.79 Å². The summed E-state index contributed by atoms with van der Waals surface area (Å²) in [4.78, 5) is 19.2. The Balaban J connectivity index is 1.78. The molecule has 0 aromatic heterocycles. The Morgan fingerprint density at radius 1 is 1.20 bits per heavy atom. The summed E-state index contributed by atoms with van der Waals surface area (Å²) in [7, 11) is 4.28. The molecule has 2 rings (SSSR count). The lowest BCUT2D eigenvalue weighted by Crippen LogP contribution is -2.54. The number of rotatable bonds is 4. The number of hydrogen-bond acceptors (Lipinski definition) is 4. The normalized spacial score (nSPS) is 24.1. The van der Waals surface area contributed by atoms with Gasteiger partial charge in [0.05, 0.1) is 6.04 Å². The van der Waals surface area contributed by atoms with Gasteiger partial charge in [0.2, 0.25) is 5.91 Å². The molecule has 0 radical (unpaired) electrons. The molecule has 116 valence electrons. The molecule has 2 aliphatic rings. The number of carbonyl (C=O) groups excluding carboxylic acids is 1. The fourth-order valence-electron chi connectivity index (χ4n) is 3.34. The Bertz CT molecular complexity index is 307. The second kappa shape index (κ2) is 7.38. The predicted molar refractivity (Wildman–Crippen MR) is 81.8 cm³/mol. The SMILES string of the molecule is CC(C(=O)N1CCNCC1)N1CCC(CN(C)C)CC1. The predicted octanol–water partition coefficient (Wildman–Crippen LogP) is 0.0803. The van der Waals surface area contributed by atoms with Crippen LogP contribution in [0.1, 0.15) is 19.8 Å². The van der Waals surface area contributed by atoms with Crippen molar-refractivity contribution in [2.75, 3.05) is 59.9 Å². The molecule has 2 heterocycles. The Morgan fingerprint density at radius 3 is 2.35 bits per heavy atom. The zero-order valence-corrected chi connectivity index (χ0v) is 13.3. The van der Waals surface area contributed by atoms with Crippen LogP contribution in [0.5, 0.6) is 0 Å². The highest BCUT2D eigenvalue weighted by Gasteiger charge is 2.29. The van der Waals surface area contributed by atoms with Crippen molar-refractivity contribution in [3.05, 3.63) is 0 Å². The highest BCUT2D eigenvalue weighted by Crippen LogP contribution is 2.20. The molecule has 1 N–H and O–H groups in total. The van der Waals surface area contributed by atoms with Crippen molar-refractivity contribution in [2.45, 2.75) is 25.8 Å². The van der Waals surface area contributed by atoms with Gasteiger partial charge >= 0.3 is 0 Å². The minimum Gasteiger partial charge on any atom is -0.339 e. The lowest BCUT2D eigenvalue weighted by atomic mass is 9.95. The molecule has 0 aromatic carbocycles. The molecule has 0 aromatic rings. The zero-order valence-electron chi connectivity index (χ0n) is 13.3. The summed E-state index contributed by atoms with van der Waals surface area (Å²) in [5.41, 5.74) is 0. The van der Waals surface area contributed by atoms with E-state index in [2.05, 4.69) is 36.1 Å². The van der Waals surface area contributed by atoms with E-state index in [0.29, 0.717) is 5.91 Å². The summed E-state index contributed by atoms with van der Waals surface area (Å²) in [6.07, 6.45) is 2.44. The Kier molecular flexibility index (Phi) is 5.81. The van der Waals surface area contributed by atoms with Crippen LogP contribution in [-0.2, 0) is 4.79 Å². The minimum absolute atomic E-state index is 0.0495. The van der Waals surface area contributed by atoms with Gasteiger partial charge < -0.3 is 15.1 Å². The zero-order chi connectivity index (χ0) is 14.5. The quantitative estimate of drug-likeness (QED) is 0.793. The van der Waals surface area contributed by atoms with Gasteiger partial charge in [0, 0.05) is 32.7 Å². The standard InChI is InChI=1S/C15H30N4O/c1-13(15(20)19-10-6-16-7-11-19)18-8-4-14(5-9-18)12-17(2)3/h13-14,16H,4-12H2,1-3H3. The van der Waals surface area contributed by atoms with Crippen LogP contribution in [-0.4, -0.2) is 86.6 Å². The summed E-state index contributed by atoms with van der Waals surface area (Å²) in [5, 5.41) is 3.30. The van der Waals surface area contributed by atoms with Crippen LogP contribution < -0.4 is 5.32 Å². The second-order valence-electron chi connectivity index (χ2n) is 6.49. The van der Waals surface area contributed by atoms with Crippen molar-refractivity contribution >= 4 is 5.91 Å². The Hall–Kier alpha value is -0.650. The van der Waals surface area contributed by atoms with E-state index in [4.69, 9.17) is 0 Å². The van der Waals surface area contributed by atoms with Crippen LogP contribution >= 0.6 is 0 Å². The summed E-state index contributed by atoms with van der Waals surface area (Å²) < 4.78 is 0. The van der Waals surface area contributed by atoms with E-state index >= 15 is 0 Å². The Morgan fingerprint density at radius 2 is 1.80 bits per heavy atom. The average molecular weight is 282 g/mol. The van der Waals surface area contributed by atoms with Gasteiger partial charge in [-0.15, -0.1) is 0 Å². The number of piperidine rings is 1. The number of piperazine rings is 1. The van der Waals surface area contributed by atoms with Crippen LogP contribution in [0.25, 0.3) is 0 Å². The van der Waals surface area contributed by atoms with Crippen LogP contribution in [0, 0.1) is 5.92 Å². The van der Waals surface area contributed by atoms with Crippen LogP contribution in [0.4, 0.5) is 0 Å². The fourth-order valence-corrected chi connectivity index (χ4v) is 3.34. The van der Waals surface area contributed by atoms with Crippen molar-refractivity contribution in [1.29, 1.82) is 0 Å². The molecule has 5 nitrogen and oxygen atoms in total. The van der Waals surface area contributed by atoms with Gasteiger partial charge in [-0.1, -0.05) is 0 Å². The maximum Gasteiger partial charge on any atom is 0.239 e. The third kappa shape index (κ3) is 4.17. The highest BCUT2D eigenvalue weighted by atomic mass is 16.2. The molecule has 1 atom stereocenters. The number of nitrogens with zero attached hydrogens (tertiary/aromatic N) is 3. The first-order valence-electron chi connectivity index (χ1n) is 7.96. The molecule has 2 saturated heterocycles. The maximum atomic E-state index is 12.5. The van der Waals surface area contributed by atoms with Gasteiger partial charge in [0.25, 0.3) is 0 Å². The van der Waals surface area contributed by atoms with Gasteiger partial charge in [-0.2, -0.15) is 0 Å². The summed E-state index contributed by atoms with van der Waals surface area (Å²) >= 11 is 0. The molecule has 2 fully saturated rings. The van der Waals surface area contributed by atoms with E-state index < -0.39 is 0 Å². The van der Waals surface area contributed by atoms with Crippen molar-refractivity contribution in [3.8, 4) is 0 Å². The molecule has 1 amide bonds. The van der Waals surface area contributed by atoms with E-state index in [0.717, 1.165) is 45.2 Å². The first kappa shape index (κ1) is 15.7. The van der Waals surface area contributed by atoms with Crippen LogP contribution in [0.2, 0.25) is 0 Å². The van der Waals surface area contributed by atoms with Gasteiger partial charge in [-0.05, 0) is 52.9 Å². The lowest BCUT2D eigenvalue weighted by molar-refractivity contribution is -0.137. The van der Waals surface area contributed by atoms with Crippen LogP contribution in [0.3, 0.4) is 0 Å². The average Bonchev–Trinajstić information content (AvgIpc) is 2.47. The van der Waals surface area contributed by atoms with E-state index in [9.17, 15) is 4.79 Å². The molecule has 5 heteroatoms. The largest absolute Gasteiger partial charge is 0.339 e. The van der Waals surface area contributed by atoms with E-state index in [-0.39, 0.29) is 6.04 Å². The monoisotopic (exact) mass is 282 g/mol. The maximum absolute atomic E-state index is 12.5.